The molecular formula is C16H16ClN3O3. The molecule has 1 aliphatic heterocycles. The van der Waals surface area contributed by atoms with Crippen LogP contribution in [0.15, 0.2) is 28.8 Å². The van der Waals surface area contributed by atoms with Crippen molar-refractivity contribution in [2.45, 2.75) is 20.3 Å². The molecular weight excluding hydrogens is 318 g/mol. The number of nitrogens with zero attached hydrogens (tertiary/aromatic N) is 2. The number of rotatable bonds is 3. The normalized spacial score (nSPS) is 17.6. The molecule has 1 saturated heterocycles. The maximum atomic E-state index is 12.4. The van der Waals surface area contributed by atoms with Gasteiger partial charge in [-0.25, -0.2) is 0 Å². The number of aryl methyl sites for hydroxylation is 2. The predicted molar refractivity (Wildman–Crippen MR) is 86.5 cm³/mol. The molecule has 0 bridgehead atoms. The molecule has 1 atom stereocenters. The van der Waals surface area contributed by atoms with Crippen molar-refractivity contribution in [1.82, 2.24) is 5.16 Å². The molecule has 0 unspecified atom stereocenters. The highest BCUT2D eigenvalue weighted by Crippen LogP contribution is 2.28. The van der Waals surface area contributed by atoms with E-state index in [1.807, 2.05) is 0 Å². The van der Waals surface area contributed by atoms with E-state index in [2.05, 4.69) is 10.5 Å². The fraction of sp³-hybridized carbons (Fsp3) is 0.312. The van der Waals surface area contributed by atoms with Crippen LogP contribution in [0.1, 0.15) is 17.9 Å². The molecule has 7 heteroatoms. The maximum Gasteiger partial charge on any atom is 0.229 e. The fourth-order valence-electron chi connectivity index (χ4n) is 2.66. The van der Waals surface area contributed by atoms with E-state index in [0.29, 0.717) is 34.4 Å². The summed E-state index contributed by atoms with van der Waals surface area (Å²) in [6, 6.07) is 7.04. The SMILES string of the molecule is Cc1noc(C)c1NC(=O)[C@H]1CC(=O)N(c2cccc(Cl)c2)C1. The molecule has 0 aliphatic carbocycles. The Morgan fingerprint density at radius 3 is 2.87 bits per heavy atom. The zero-order valence-electron chi connectivity index (χ0n) is 12.8. The number of carbonyl (C=O) groups is 2. The second-order valence-corrected chi connectivity index (χ2v) is 6.01. The lowest BCUT2D eigenvalue weighted by molar-refractivity contribution is -0.122. The van der Waals surface area contributed by atoms with Gasteiger partial charge in [0.2, 0.25) is 11.8 Å². The van der Waals surface area contributed by atoms with Crippen LogP contribution < -0.4 is 10.2 Å². The zero-order chi connectivity index (χ0) is 16.6. The molecule has 0 saturated carbocycles. The summed E-state index contributed by atoms with van der Waals surface area (Å²) in [6.07, 6.45) is 0.168. The summed E-state index contributed by atoms with van der Waals surface area (Å²) >= 11 is 5.96. The lowest BCUT2D eigenvalue weighted by atomic mass is 10.1. The van der Waals surface area contributed by atoms with Crippen LogP contribution in [-0.2, 0) is 9.59 Å². The standard InChI is InChI=1S/C16H16ClN3O3/c1-9-15(10(2)23-19-9)18-16(22)11-6-14(21)20(8-11)13-5-3-4-12(17)7-13/h3-5,7,11H,6,8H2,1-2H3,(H,18,22)/t11-/m0/s1. The van der Waals surface area contributed by atoms with E-state index in [1.165, 1.54) is 0 Å². The van der Waals surface area contributed by atoms with Crippen LogP contribution in [0.3, 0.4) is 0 Å². The largest absolute Gasteiger partial charge is 0.359 e. The van der Waals surface area contributed by atoms with Crippen molar-refractivity contribution in [3.63, 3.8) is 0 Å². The first-order valence-corrected chi connectivity index (χ1v) is 7.63. The van der Waals surface area contributed by atoms with E-state index in [9.17, 15) is 9.59 Å². The lowest BCUT2D eigenvalue weighted by Gasteiger charge is -2.17. The Labute approximate surface area is 138 Å². The van der Waals surface area contributed by atoms with Gasteiger partial charge in [0.25, 0.3) is 0 Å². The van der Waals surface area contributed by atoms with E-state index >= 15 is 0 Å². The number of anilines is 2. The van der Waals surface area contributed by atoms with Crippen LogP contribution in [0.25, 0.3) is 0 Å². The van der Waals surface area contributed by atoms with Gasteiger partial charge < -0.3 is 14.7 Å². The van der Waals surface area contributed by atoms with Gasteiger partial charge in [-0.15, -0.1) is 0 Å². The van der Waals surface area contributed by atoms with E-state index in [0.717, 1.165) is 0 Å². The summed E-state index contributed by atoms with van der Waals surface area (Å²) in [5.74, 6) is -0.175. The number of aromatic nitrogens is 1. The van der Waals surface area contributed by atoms with Gasteiger partial charge in [-0.05, 0) is 32.0 Å². The molecule has 1 N–H and O–H groups in total. The number of nitrogens with one attached hydrogen (secondary N) is 1. The van der Waals surface area contributed by atoms with E-state index in [4.69, 9.17) is 16.1 Å². The summed E-state index contributed by atoms with van der Waals surface area (Å²) in [7, 11) is 0. The van der Waals surface area contributed by atoms with Gasteiger partial charge in [-0.1, -0.05) is 22.8 Å². The van der Waals surface area contributed by atoms with Gasteiger partial charge in [-0.3, -0.25) is 9.59 Å². The third kappa shape index (κ3) is 3.07. The highest BCUT2D eigenvalue weighted by Gasteiger charge is 2.35. The monoisotopic (exact) mass is 333 g/mol. The highest BCUT2D eigenvalue weighted by molar-refractivity contribution is 6.31. The quantitative estimate of drug-likeness (QED) is 0.937. The van der Waals surface area contributed by atoms with Gasteiger partial charge in [0.15, 0.2) is 5.76 Å². The molecule has 3 rings (SSSR count). The van der Waals surface area contributed by atoms with Crippen LogP contribution >= 0.6 is 11.6 Å². The molecule has 1 aromatic heterocycles. The minimum atomic E-state index is -0.421. The summed E-state index contributed by atoms with van der Waals surface area (Å²) in [4.78, 5) is 26.2. The molecule has 1 fully saturated rings. The molecule has 0 spiro atoms. The first kappa shape index (κ1) is 15.6. The van der Waals surface area contributed by atoms with Crippen molar-refractivity contribution in [2.75, 3.05) is 16.8 Å². The number of amides is 2. The maximum absolute atomic E-state index is 12.4. The third-order valence-electron chi connectivity index (χ3n) is 3.90. The second kappa shape index (κ2) is 6.04. The number of benzene rings is 1. The Kier molecular flexibility index (Phi) is 4.09. The van der Waals surface area contributed by atoms with Crippen LogP contribution in [-0.4, -0.2) is 23.5 Å². The first-order valence-electron chi connectivity index (χ1n) is 7.25. The predicted octanol–water partition coefficient (Wildman–Crippen LogP) is 2.94. The van der Waals surface area contributed by atoms with Gasteiger partial charge >= 0.3 is 0 Å². The van der Waals surface area contributed by atoms with E-state index in [-0.39, 0.29) is 18.2 Å². The molecule has 2 heterocycles. The average Bonchev–Trinajstić information content (AvgIpc) is 3.05. The Hall–Kier alpha value is -2.34. The van der Waals surface area contributed by atoms with E-state index in [1.54, 1.807) is 43.0 Å². The summed E-state index contributed by atoms with van der Waals surface area (Å²) in [5.41, 5.74) is 1.89. The lowest BCUT2D eigenvalue weighted by Crippen LogP contribution is -2.28. The van der Waals surface area contributed by atoms with Crippen LogP contribution in [0, 0.1) is 19.8 Å². The first-order chi connectivity index (χ1) is 11.0. The Morgan fingerprint density at radius 2 is 2.22 bits per heavy atom. The van der Waals surface area contributed by atoms with Crippen LogP contribution in [0.4, 0.5) is 11.4 Å². The molecule has 23 heavy (non-hydrogen) atoms. The average molecular weight is 334 g/mol. The Balaban J connectivity index is 1.73. The summed E-state index contributed by atoms with van der Waals surface area (Å²) < 4.78 is 5.03. The van der Waals surface area contributed by atoms with Crippen LogP contribution in [0.2, 0.25) is 5.02 Å². The van der Waals surface area contributed by atoms with Crippen molar-refractivity contribution in [1.29, 1.82) is 0 Å². The van der Waals surface area contributed by atoms with Crippen molar-refractivity contribution in [3.05, 3.63) is 40.7 Å². The Morgan fingerprint density at radius 1 is 1.43 bits per heavy atom. The number of hydrogen-bond acceptors (Lipinski definition) is 4. The number of carbonyl (C=O) groups excluding carboxylic acids is 2. The smallest absolute Gasteiger partial charge is 0.229 e. The second-order valence-electron chi connectivity index (χ2n) is 5.57. The van der Waals surface area contributed by atoms with Crippen molar-refractivity contribution in [3.8, 4) is 0 Å². The van der Waals surface area contributed by atoms with Crippen LogP contribution in [0.5, 0.6) is 0 Å². The van der Waals surface area contributed by atoms with Gasteiger partial charge in [0.1, 0.15) is 11.4 Å². The van der Waals surface area contributed by atoms with Crippen molar-refractivity contribution >= 4 is 34.8 Å². The highest BCUT2D eigenvalue weighted by atomic mass is 35.5. The summed E-state index contributed by atoms with van der Waals surface area (Å²) in [6.45, 7) is 3.81. The summed E-state index contributed by atoms with van der Waals surface area (Å²) in [5, 5.41) is 7.16. The van der Waals surface area contributed by atoms with Crippen molar-refractivity contribution in [2.24, 2.45) is 5.92 Å². The molecule has 2 amide bonds. The van der Waals surface area contributed by atoms with Gasteiger partial charge in [0.05, 0.1) is 5.92 Å². The van der Waals surface area contributed by atoms with E-state index < -0.39 is 5.92 Å². The van der Waals surface area contributed by atoms with Gasteiger partial charge in [0, 0.05) is 23.7 Å². The molecule has 1 aromatic carbocycles. The molecule has 6 nitrogen and oxygen atoms in total. The topological polar surface area (TPSA) is 75.4 Å². The molecule has 0 radical (unpaired) electrons. The number of halogens is 1. The third-order valence-corrected chi connectivity index (χ3v) is 4.13. The molecule has 2 aromatic rings. The van der Waals surface area contributed by atoms with Crippen molar-refractivity contribution < 1.29 is 14.1 Å². The molecule has 1 aliphatic rings. The minimum absolute atomic E-state index is 0.0915. The van der Waals surface area contributed by atoms with Gasteiger partial charge in [-0.2, -0.15) is 0 Å². The minimum Gasteiger partial charge on any atom is -0.359 e. The Bertz CT molecular complexity index is 752. The fourth-order valence-corrected chi connectivity index (χ4v) is 2.85. The molecule has 120 valence electrons. The number of hydrogen-bond donors (Lipinski definition) is 1. The zero-order valence-corrected chi connectivity index (χ0v) is 13.6.